The number of rotatable bonds is 6. The smallest absolute Gasteiger partial charge is 0.324 e. The number of anilines is 2. The molecule has 2 aromatic carbocycles. The number of carbonyl (C=O) groups excluding carboxylic acids is 3. The van der Waals surface area contributed by atoms with Crippen molar-refractivity contribution < 1.29 is 14.4 Å². The summed E-state index contributed by atoms with van der Waals surface area (Å²) < 4.78 is 0. The summed E-state index contributed by atoms with van der Waals surface area (Å²) in [5, 5.41) is 8.80. The minimum atomic E-state index is -0.531. The molecule has 4 rings (SSSR count). The van der Waals surface area contributed by atoms with Crippen LogP contribution in [0.5, 0.6) is 0 Å². The molecule has 158 valence electrons. The number of urea groups is 1. The summed E-state index contributed by atoms with van der Waals surface area (Å²) in [5.74, 6) is -0.393. The van der Waals surface area contributed by atoms with Crippen LogP contribution < -0.4 is 16.0 Å². The minimum Gasteiger partial charge on any atom is -0.339 e. The molecule has 1 atom stereocenters. The Morgan fingerprint density at radius 1 is 0.935 bits per heavy atom. The molecule has 1 unspecified atom stereocenters. The standard InChI is InChI=1S/C23H22N4O3S/c28-21(25-18-13-14-27(22(18)29)15-16-7-3-1-4-8-16)19-11-12-20(31-19)26-23(30)24-17-9-5-2-6-10-17/h1-12,18H,13-15H2,(H,25,28)(H2,24,26,30). The molecule has 0 saturated carbocycles. The second kappa shape index (κ2) is 9.44. The van der Waals surface area contributed by atoms with E-state index in [-0.39, 0.29) is 17.8 Å². The van der Waals surface area contributed by atoms with Gasteiger partial charge in [0, 0.05) is 18.8 Å². The lowest BCUT2D eigenvalue weighted by Gasteiger charge is -2.17. The molecule has 3 aromatic rings. The van der Waals surface area contributed by atoms with Crippen LogP contribution in [0.4, 0.5) is 15.5 Å². The molecular weight excluding hydrogens is 412 g/mol. The SMILES string of the molecule is O=C(Nc1ccccc1)Nc1ccc(C(=O)NC2CCN(Cc3ccccc3)C2=O)s1. The number of hydrogen-bond donors (Lipinski definition) is 3. The Morgan fingerprint density at radius 2 is 1.65 bits per heavy atom. The Kier molecular flexibility index (Phi) is 6.28. The van der Waals surface area contributed by atoms with Crippen LogP contribution in [0, 0.1) is 0 Å². The van der Waals surface area contributed by atoms with E-state index >= 15 is 0 Å². The molecule has 1 aromatic heterocycles. The zero-order chi connectivity index (χ0) is 21.6. The Labute approximate surface area is 184 Å². The van der Waals surface area contributed by atoms with Gasteiger partial charge in [0.2, 0.25) is 5.91 Å². The molecule has 1 saturated heterocycles. The van der Waals surface area contributed by atoms with Crippen LogP contribution >= 0.6 is 11.3 Å². The van der Waals surface area contributed by atoms with Gasteiger partial charge in [0.25, 0.3) is 5.91 Å². The molecule has 1 aliphatic heterocycles. The Morgan fingerprint density at radius 3 is 2.39 bits per heavy atom. The maximum absolute atomic E-state index is 12.7. The van der Waals surface area contributed by atoms with Gasteiger partial charge in [-0.05, 0) is 36.2 Å². The summed E-state index contributed by atoms with van der Waals surface area (Å²) >= 11 is 1.16. The maximum Gasteiger partial charge on any atom is 0.324 e. The normalized spacial score (nSPS) is 15.5. The molecule has 3 N–H and O–H groups in total. The molecule has 7 nitrogen and oxygen atoms in total. The average molecular weight is 435 g/mol. The number of nitrogens with zero attached hydrogens (tertiary/aromatic N) is 1. The Bertz CT molecular complexity index is 1070. The number of likely N-dealkylation sites (tertiary alicyclic amines) is 1. The lowest BCUT2D eigenvalue weighted by atomic mass is 10.2. The van der Waals surface area contributed by atoms with E-state index in [1.165, 1.54) is 0 Å². The molecule has 8 heteroatoms. The Hall–Kier alpha value is -3.65. The minimum absolute atomic E-state index is 0.0747. The van der Waals surface area contributed by atoms with Crippen molar-refractivity contribution in [3.63, 3.8) is 0 Å². The number of amides is 4. The highest BCUT2D eigenvalue weighted by Crippen LogP contribution is 2.23. The van der Waals surface area contributed by atoms with Crippen molar-refractivity contribution in [2.24, 2.45) is 0 Å². The van der Waals surface area contributed by atoms with Crippen LogP contribution in [0.3, 0.4) is 0 Å². The van der Waals surface area contributed by atoms with Gasteiger partial charge < -0.3 is 15.5 Å². The highest BCUT2D eigenvalue weighted by Gasteiger charge is 2.33. The number of carbonyl (C=O) groups is 3. The van der Waals surface area contributed by atoms with Crippen molar-refractivity contribution in [2.75, 3.05) is 17.2 Å². The van der Waals surface area contributed by atoms with Crippen molar-refractivity contribution in [2.45, 2.75) is 19.0 Å². The summed E-state index contributed by atoms with van der Waals surface area (Å²) in [4.78, 5) is 39.5. The molecule has 0 spiro atoms. The maximum atomic E-state index is 12.7. The van der Waals surface area contributed by atoms with E-state index in [2.05, 4.69) is 16.0 Å². The summed E-state index contributed by atoms with van der Waals surface area (Å²) in [5.41, 5.74) is 1.74. The molecule has 1 fully saturated rings. The first-order chi connectivity index (χ1) is 15.1. The van der Waals surface area contributed by atoms with Crippen LogP contribution in [0.15, 0.2) is 72.8 Å². The lowest BCUT2D eigenvalue weighted by Crippen LogP contribution is -2.41. The van der Waals surface area contributed by atoms with Gasteiger partial charge in [0.05, 0.1) is 9.88 Å². The number of thiophene rings is 1. The third kappa shape index (κ3) is 5.29. The topological polar surface area (TPSA) is 90.5 Å². The summed E-state index contributed by atoms with van der Waals surface area (Å²) in [6.07, 6.45) is 0.577. The van der Waals surface area contributed by atoms with Gasteiger partial charge in [0.1, 0.15) is 6.04 Å². The number of para-hydroxylation sites is 1. The third-order valence-corrected chi connectivity index (χ3v) is 5.92. The summed E-state index contributed by atoms with van der Waals surface area (Å²) in [7, 11) is 0. The van der Waals surface area contributed by atoms with Gasteiger partial charge in [-0.1, -0.05) is 48.5 Å². The second-order valence-corrected chi connectivity index (χ2v) is 8.25. The van der Waals surface area contributed by atoms with Crippen LogP contribution in [0.1, 0.15) is 21.7 Å². The monoisotopic (exact) mass is 434 g/mol. The van der Waals surface area contributed by atoms with E-state index in [9.17, 15) is 14.4 Å². The molecular formula is C23H22N4O3S. The number of hydrogen-bond acceptors (Lipinski definition) is 4. The molecule has 2 heterocycles. The van der Waals surface area contributed by atoms with Gasteiger partial charge in [0.15, 0.2) is 0 Å². The van der Waals surface area contributed by atoms with E-state index in [4.69, 9.17) is 0 Å². The molecule has 0 bridgehead atoms. The molecule has 31 heavy (non-hydrogen) atoms. The van der Waals surface area contributed by atoms with Crippen molar-refractivity contribution >= 4 is 39.9 Å². The molecule has 0 aliphatic carbocycles. The van der Waals surface area contributed by atoms with Gasteiger partial charge in [-0.2, -0.15) is 0 Å². The van der Waals surface area contributed by atoms with Gasteiger partial charge in [-0.25, -0.2) is 4.79 Å². The highest BCUT2D eigenvalue weighted by molar-refractivity contribution is 7.18. The highest BCUT2D eigenvalue weighted by atomic mass is 32.1. The largest absolute Gasteiger partial charge is 0.339 e. The fraction of sp³-hybridized carbons (Fsp3) is 0.174. The van der Waals surface area contributed by atoms with Crippen molar-refractivity contribution in [3.05, 3.63) is 83.2 Å². The lowest BCUT2D eigenvalue weighted by molar-refractivity contribution is -0.129. The predicted molar refractivity (Wildman–Crippen MR) is 121 cm³/mol. The Balaban J connectivity index is 1.30. The van der Waals surface area contributed by atoms with E-state index in [1.54, 1.807) is 29.2 Å². The first-order valence-corrected chi connectivity index (χ1v) is 10.8. The fourth-order valence-electron chi connectivity index (χ4n) is 3.39. The van der Waals surface area contributed by atoms with Gasteiger partial charge in [-0.3, -0.25) is 14.9 Å². The summed E-state index contributed by atoms with van der Waals surface area (Å²) in [6.45, 7) is 1.14. The fourth-order valence-corrected chi connectivity index (χ4v) is 4.19. The van der Waals surface area contributed by atoms with Crippen LogP contribution in [0.2, 0.25) is 0 Å². The molecule has 1 aliphatic rings. The van der Waals surface area contributed by atoms with E-state index in [0.29, 0.717) is 35.1 Å². The quantitative estimate of drug-likeness (QED) is 0.549. The van der Waals surface area contributed by atoms with Gasteiger partial charge in [-0.15, -0.1) is 11.3 Å². The number of benzene rings is 2. The van der Waals surface area contributed by atoms with E-state index in [1.807, 2.05) is 48.5 Å². The zero-order valence-corrected chi connectivity index (χ0v) is 17.5. The van der Waals surface area contributed by atoms with Crippen molar-refractivity contribution in [1.29, 1.82) is 0 Å². The van der Waals surface area contributed by atoms with Crippen LogP contribution in [-0.2, 0) is 11.3 Å². The van der Waals surface area contributed by atoms with Crippen LogP contribution in [-0.4, -0.2) is 35.3 Å². The van der Waals surface area contributed by atoms with E-state index < -0.39 is 6.04 Å². The average Bonchev–Trinajstić information content (AvgIpc) is 3.37. The van der Waals surface area contributed by atoms with Gasteiger partial charge >= 0.3 is 6.03 Å². The second-order valence-electron chi connectivity index (χ2n) is 7.17. The number of nitrogens with one attached hydrogen (secondary N) is 3. The van der Waals surface area contributed by atoms with E-state index in [0.717, 1.165) is 16.9 Å². The molecule has 4 amide bonds. The summed E-state index contributed by atoms with van der Waals surface area (Å²) in [6, 6.07) is 21.3. The van der Waals surface area contributed by atoms with Crippen molar-refractivity contribution in [3.8, 4) is 0 Å². The van der Waals surface area contributed by atoms with Crippen molar-refractivity contribution in [1.82, 2.24) is 10.2 Å². The predicted octanol–water partition coefficient (Wildman–Crippen LogP) is 3.92. The zero-order valence-electron chi connectivity index (χ0n) is 16.7. The first kappa shape index (κ1) is 20.6. The molecule has 0 radical (unpaired) electrons. The third-order valence-electron chi connectivity index (χ3n) is 4.92. The first-order valence-electron chi connectivity index (χ1n) is 9.95. The van der Waals surface area contributed by atoms with Crippen LogP contribution in [0.25, 0.3) is 0 Å².